The van der Waals surface area contributed by atoms with Gasteiger partial charge in [0.15, 0.2) is 0 Å². The molecule has 0 radical (unpaired) electrons. The van der Waals surface area contributed by atoms with E-state index in [1.165, 1.54) is 10.8 Å². The first-order valence-corrected chi connectivity index (χ1v) is 22.2. The highest BCUT2D eigenvalue weighted by Gasteiger charge is 2.43. The molecule has 0 aliphatic carbocycles. The summed E-state index contributed by atoms with van der Waals surface area (Å²) in [5.74, 6) is 7.56. The third-order valence-corrected chi connectivity index (χ3v) is 24.0. The smallest absolute Gasteiger partial charge is 0.146 e. The molecule has 0 unspecified atom stereocenters. The van der Waals surface area contributed by atoms with Crippen LogP contribution in [-0.4, -0.2) is 16.1 Å². The third-order valence-electron chi connectivity index (χ3n) is 11.5. The van der Waals surface area contributed by atoms with Crippen LogP contribution >= 0.6 is 0 Å². The van der Waals surface area contributed by atoms with Crippen LogP contribution < -0.4 is 0 Å². The summed E-state index contributed by atoms with van der Waals surface area (Å²) in [7, 11) is -4.09. The number of benzene rings is 5. The van der Waals surface area contributed by atoms with Gasteiger partial charge in [-0.25, -0.2) is 4.39 Å². The lowest BCUT2D eigenvalue weighted by molar-refractivity contribution is 0.640. The maximum atomic E-state index is 15.5. The molecule has 0 amide bonds. The molecule has 5 rings (SSSR count). The summed E-state index contributed by atoms with van der Waals surface area (Å²) in [6, 6.07) is 22.9. The van der Waals surface area contributed by atoms with Crippen LogP contribution in [0.15, 0.2) is 66.7 Å². The minimum atomic E-state index is -2.05. The van der Waals surface area contributed by atoms with Crippen molar-refractivity contribution < 1.29 is 4.39 Å². The molecule has 0 spiro atoms. The van der Waals surface area contributed by atoms with Gasteiger partial charge in [0.1, 0.15) is 22.0 Å². The molecule has 0 bridgehead atoms. The van der Waals surface area contributed by atoms with E-state index >= 15 is 4.39 Å². The topological polar surface area (TPSA) is 0 Å². The zero-order valence-corrected chi connectivity index (χ0v) is 32.7. The highest BCUT2D eigenvalue weighted by Crippen LogP contribution is 2.44. The number of fused-ring (bicyclic) bond motifs is 4. The molecule has 47 heavy (non-hydrogen) atoms. The summed E-state index contributed by atoms with van der Waals surface area (Å²) >= 11 is 0. The van der Waals surface area contributed by atoms with E-state index in [1.54, 1.807) is 6.07 Å². The van der Waals surface area contributed by atoms with Gasteiger partial charge < -0.3 is 0 Å². The molecule has 0 saturated heterocycles. The van der Waals surface area contributed by atoms with E-state index in [4.69, 9.17) is 0 Å². The molecular formula is C44H53FSi2. The average molecular weight is 657 g/mol. The van der Waals surface area contributed by atoms with Crippen molar-refractivity contribution in [2.45, 2.75) is 116 Å². The van der Waals surface area contributed by atoms with E-state index in [1.807, 2.05) is 12.1 Å². The molecule has 0 aliphatic rings. The molecule has 0 N–H and O–H groups in total. The highest BCUT2D eigenvalue weighted by molar-refractivity contribution is 6.91. The maximum Gasteiger partial charge on any atom is 0.146 e. The van der Waals surface area contributed by atoms with Crippen LogP contribution in [0.1, 0.15) is 94.2 Å². The fourth-order valence-electron chi connectivity index (χ4n) is 9.12. The summed E-state index contributed by atoms with van der Waals surface area (Å²) in [6.45, 7) is 28.4. The zero-order valence-electron chi connectivity index (χ0n) is 30.7. The zero-order chi connectivity index (χ0) is 34.4. The van der Waals surface area contributed by atoms with Crippen molar-refractivity contribution in [2.24, 2.45) is 0 Å². The van der Waals surface area contributed by atoms with Gasteiger partial charge in [-0.3, -0.25) is 0 Å². The monoisotopic (exact) mass is 656 g/mol. The molecule has 5 aromatic carbocycles. The Morgan fingerprint density at radius 2 is 0.766 bits per heavy atom. The molecule has 0 aliphatic heterocycles. The molecule has 0 aromatic heterocycles. The van der Waals surface area contributed by atoms with Crippen molar-refractivity contribution in [3.8, 4) is 22.9 Å². The first-order chi connectivity index (χ1) is 22.2. The average Bonchev–Trinajstić information content (AvgIpc) is 2.99. The van der Waals surface area contributed by atoms with E-state index in [-0.39, 0.29) is 5.82 Å². The fraction of sp³-hybridized carbons (Fsp3) is 0.409. The van der Waals surface area contributed by atoms with Crippen molar-refractivity contribution >= 4 is 59.2 Å². The molecule has 3 heteroatoms. The van der Waals surface area contributed by atoms with Gasteiger partial charge in [0.05, 0.1) is 0 Å². The quantitative estimate of drug-likeness (QED) is 0.0969. The molecule has 0 atom stereocenters. The van der Waals surface area contributed by atoms with Crippen molar-refractivity contribution in [3.05, 3.63) is 83.7 Å². The van der Waals surface area contributed by atoms with Gasteiger partial charge in [-0.1, -0.05) is 131 Å². The molecule has 244 valence electrons. The predicted molar refractivity (Wildman–Crippen MR) is 212 cm³/mol. The molecule has 5 aromatic rings. The minimum Gasteiger partial charge on any atom is -0.206 e. The third kappa shape index (κ3) is 5.85. The van der Waals surface area contributed by atoms with Gasteiger partial charge in [-0.15, -0.1) is 11.1 Å². The number of hydrogen-bond donors (Lipinski definition) is 0. The first-order valence-electron chi connectivity index (χ1n) is 17.7. The Morgan fingerprint density at radius 3 is 1.15 bits per heavy atom. The summed E-state index contributed by atoms with van der Waals surface area (Å²) in [4.78, 5) is 0. The van der Waals surface area contributed by atoms with Crippen molar-refractivity contribution in [1.29, 1.82) is 0 Å². The van der Waals surface area contributed by atoms with Crippen LogP contribution in [0.3, 0.4) is 0 Å². The Morgan fingerprint density at radius 1 is 0.426 bits per heavy atom. The predicted octanol–water partition coefficient (Wildman–Crippen LogP) is 13.6. The summed E-state index contributed by atoms with van der Waals surface area (Å²) in [6.07, 6.45) is 0. The maximum absolute atomic E-state index is 15.5. The van der Waals surface area contributed by atoms with E-state index in [0.29, 0.717) is 38.6 Å². The Bertz CT molecular complexity index is 2050. The summed E-state index contributed by atoms with van der Waals surface area (Å²) in [5, 5.41) is 8.27. The van der Waals surface area contributed by atoms with Gasteiger partial charge >= 0.3 is 0 Å². The SMILES string of the molecule is CC(C)[Si](C#Cc1c2cc3ccccc3cc2c(C#C[Si](C(C)C)(C(C)C)C(C)C)c2cc3c(F)cccc3cc12)(C(C)C)C(C)C. The van der Waals surface area contributed by atoms with Crippen LogP contribution in [0, 0.1) is 28.7 Å². The van der Waals surface area contributed by atoms with E-state index in [0.717, 1.165) is 38.1 Å². The van der Waals surface area contributed by atoms with Crippen molar-refractivity contribution in [3.63, 3.8) is 0 Å². The standard InChI is InChI=1S/C44H53FSi2/c1-28(2)46(29(3)4,30(5)6)22-20-37-40-24-34-16-13-14-17-35(34)25-41(40)38(21-23-47(31(7)8,32(9)10)33(11)12)43-27-39-36(26-42(37)43)18-15-19-44(39)45/h13-19,24-33H,1-12H3. The second-order valence-corrected chi connectivity index (χ2v) is 26.8. The van der Waals surface area contributed by atoms with Crippen LogP contribution in [0.25, 0.3) is 43.1 Å². The van der Waals surface area contributed by atoms with Crippen LogP contribution in [0.5, 0.6) is 0 Å². The van der Waals surface area contributed by atoms with Gasteiger partial charge in [0.2, 0.25) is 0 Å². The van der Waals surface area contributed by atoms with Gasteiger partial charge in [0.25, 0.3) is 0 Å². The minimum absolute atomic E-state index is 0.198. The second kappa shape index (κ2) is 13.3. The van der Waals surface area contributed by atoms with Crippen LogP contribution in [0.2, 0.25) is 33.2 Å². The van der Waals surface area contributed by atoms with E-state index < -0.39 is 16.1 Å². The Hall–Kier alpha value is -3.38. The lowest BCUT2D eigenvalue weighted by Gasteiger charge is -2.38. The van der Waals surface area contributed by atoms with Crippen LogP contribution in [0.4, 0.5) is 4.39 Å². The normalized spacial score (nSPS) is 12.7. The van der Waals surface area contributed by atoms with Crippen LogP contribution in [-0.2, 0) is 0 Å². The Labute approximate surface area is 285 Å². The molecular weight excluding hydrogens is 604 g/mol. The summed E-state index contributed by atoms with van der Waals surface area (Å²) in [5.41, 5.74) is 13.2. The largest absolute Gasteiger partial charge is 0.206 e. The Balaban J connectivity index is 2.05. The highest BCUT2D eigenvalue weighted by atomic mass is 28.3. The summed E-state index contributed by atoms with van der Waals surface area (Å²) < 4.78 is 15.5. The van der Waals surface area contributed by atoms with Gasteiger partial charge in [0, 0.05) is 16.5 Å². The van der Waals surface area contributed by atoms with Crippen molar-refractivity contribution in [2.75, 3.05) is 0 Å². The molecule has 0 heterocycles. The molecule has 0 nitrogen and oxygen atoms in total. The van der Waals surface area contributed by atoms with E-state index in [9.17, 15) is 0 Å². The Kier molecular flexibility index (Phi) is 9.86. The number of rotatable bonds is 6. The lowest BCUT2D eigenvalue weighted by atomic mass is 9.89. The second-order valence-electron chi connectivity index (χ2n) is 15.6. The van der Waals surface area contributed by atoms with Crippen molar-refractivity contribution in [1.82, 2.24) is 0 Å². The number of hydrogen-bond acceptors (Lipinski definition) is 0. The van der Waals surface area contributed by atoms with E-state index in [2.05, 4.69) is 155 Å². The fourth-order valence-corrected chi connectivity index (χ4v) is 19.5. The lowest BCUT2D eigenvalue weighted by Crippen LogP contribution is -2.43. The number of halogens is 1. The molecule has 0 saturated carbocycles. The molecule has 0 fully saturated rings. The first kappa shape index (κ1) is 34.9. The van der Waals surface area contributed by atoms with Gasteiger partial charge in [-0.05, 0) is 101 Å². The van der Waals surface area contributed by atoms with Gasteiger partial charge in [-0.2, -0.15) is 0 Å².